The molecular weight excluding hydrogens is 226 g/mol. The van der Waals surface area contributed by atoms with Crippen molar-refractivity contribution in [1.29, 1.82) is 0 Å². The van der Waals surface area contributed by atoms with Crippen molar-refractivity contribution in [1.82, 2.24) is 5.32 Å². The van der Waals surface area contributed by atoms with Gasteiger partial charge >= 0.3 is 5.97 Å². The molecule has 0 saturated carbocycles. The highest BCUT2D eigenvalue weighted by molar-refractivity contribution is 5.81. The normalized spacial score (nSPS) is 12.1. The van der Waals surface area contributed by atoms with Crippen LogP contribution in [0.3, 0.4) is 0 Å². The van der Waals surface area contributed by atoms with Gasteiger partial charge in [0.2, 0.25) is 0 Å². The maximum absolute atomic E-state index is 11.0. The van der Waals surface area contributed by atoms with Crippen molar-refractivity contribution < 1.29 is 9.53 Å². The summed E-state index contributed by atoms with van der Waals surface area (Å²) in [5.74, 6) is -0.333. The fourth-order valence-corrected chi connectivity index (χ4v) is 1.87. The summed E-state index contributed by atoms with van der Waals surface area (Å²) in [6.07, 6.45) is 9.77. The molecule has 0 spiro atoms. The second kappa shape index (κ2) is 12.6. The van der Waals surface area contributed by atoms with E-state index in [4.69, 9.17) is 4.74 Å². The van der Waals surface area contributed by atoms with E-state index in [1.807, 2.05) is 0 Å². The molecule has 0 aromatic carbocycles. The number of hydrogen-bond acceptors (Lipinski definition) is 3. The van der Waals surface area contributed by atoms with E-state index in [9.17, 15) is 4.79 Å². The summed E-state index contributed by atoms with van der Waals surface area (Å²) >= 11 is 0. The van der Waals surface area contributed by atoms with Crippen LogP contribution in [-0.2, 0) is 9.53 Å². The van der Waals surface area contributed by atoms with Gasteiger partial charge in [-0.2, -0.15) is 0 Å². The number of esters is 1. The van der Waals surface area contributed by atoms with Crippen LogP contribution in [0.1, 0.15) is 58.8 Å². The number of nitrogens with one attached hydrogen (secondary N) is 1. The zero-order chi connectivity index (χ0) is 13.6. The van der Waals surface area contributed by atoms with Crippen molar-refractivity contribution >= 4 is 5.97 Å². The second-order valence-electron chi connectivity index (χ2n) is 4.69. The molecule has 3 heteroatoms. The Hall–Kier alpha value is -0.830. The Morgan fingerprint density at radius 3 is 2.56 bits per heavy atom. The predicted molar refractivity (Wildman–Crippen MR) is 76.6 cm³/mol. The van der Waals surface area contributed by atoms with Gasteiger partial charge in [-0.25, -0.2) is 4.79 Å². The van der Waals surface area contributed by atoms with Crippen molar-refractivity contribution in [3.8, 4) is 0 Å². The van der Waals surface area contributed by atoms with Crippen LogP contribution in [0.15, 0.2) is 12.7 Å². The van der Waals surface area contributed by atoms with E-state index in [0.717, 1.165) is 19.4 Å². The number of carbonyl (C=O) groups is 1. The third-order valence-electron chi connectivity index (χ3n) is 2.94. The summed E-state index contributed by atoms with van der Waals surface area (Å²) in [6, 6.07) is 0.282. The first kappa shape index (κ1) is 17.2. The van der Waals surface area contributed by atoms with E-state index in [-0.39, 0.29) is 12.0 Å². The monoisotopic (exact) mass is 255 g/mol. The van der Waals surface area contributed by atoms with Crippen molar-refractivity contribution in [2.24, 2.45) is 0 Å². The Bertz CT molecular complexity index is 217. The van der Waals surface area contributed by atoms with Crippen molar-refractivity contribution in [3.63, 3.8) is 0 Å². The molecule has 1 atom stereocenters. The number of unbranched alkanes of at least 4 members (excludes halogenated alkanes) is 4. The minimum absolute atomic E-state index is 0.282. The van der Waals surface area contributed by atoms with E-state index < -0.39 is 0 Å². The summed E-state index contributed by atoms with van der Waals surface area (Å²) in [7, 11) is 0. The first-order valence-corrected chi connectivity index (χ1v) is 7.27. The standard InChI is InChI=1S/C15H29NO2/c1-4-7-8-9-10-12-16-14(11-5-2)13-18-15(17)6-3/h6,14,16H,3-5,7-13H2,1-2H3. The first-order valence-electron chi connectivity index (χ1n) is 7.27. The fraction of sp³-hybridized carbons (Fsp3) is 0.800. The average molecular weight is 255 g/mol. The molecule has 0 fully saturated rings. The van der Waals surface area contributed by atoms with Gasteiger partial charge in [0.25, 0.3) is 0 Å². The largest absolute Gasteiger partial charge is 0.461 e. The molecule has 0 amide bonds. The number of hydrogen-bond donors (Lipinski definition) is 1. The summed E-state index contributed by atoms with van der Waals surface area (Å²) in [5, 5.41) is 3.47. The van der Waals surface area contributed by atoms with Crippen molar-refractivity contribution in [2.45, 2.75) is 64.8 Å². The predicted octanol–water partition coefficient (Wildman–Crippen LogP) is 3.44. The zero-order valence-electron chi connectivity index (χ0n) is 12.0. The molecule has 0 bridgehead atoms. The van der Waals surface area contributed by atoms with Crippen LogP contribution < -0.4 is 5.32 Å². The van der Waals surface area contributed by atoms with Crippen LogP contribution in [0.25, 0.3) is 0 Å². The van der Waals surface area contributed by atoms with Crippen LogP contribution in [0.4, 0.5) is 0 Å². The van der Waals surface area contributed by atoms with Crippen LogP contribution in [-0.4, -0.2) is 25.2 Å². The lowest BCUT2D eigenvalue weighted by atomic mass is 10.1. The van der Waals surface area contributed by atoms with E-state index >= 15 is 0 Å². The van der Waals surface area contributed by atoms with Crippen LogP contribution in [0.5, 0.6) is 0 Å². The minimum Gasteiger partial charge on any atom is -0.461 e. The van der Waals surface area contributed by atoms with Crippen LogP contribution in [0, 0.1) is 0 Å². The first-order chi connectivity index (χ1) is 8.74. The SMILES string of the molecule is C=CC(=O)OCC(CCC)NCCCCCCC. The van der Waals surface area contributed by atoms with Crippen molar-refractivity contribution in [3.05, 3.63) is 12.7 Å². The molecule has 106 valence electrons. The molecule has 1 N–H and O–H groups in total. The van der Waals surface area contributed by atoms with E-state index in [1.54, 1.807) is 0 Å². The third kappa shape index (κ3) is 10.3. The highest BCUT2D eigenvalue weighted by atomic mass is 16.5. The summed E-state index contributed by atoms with van der Waals surface area (Å²) in [6.45, 7) is 9.23. The van der Waals surface area contributed by atoms with Gasteiger partial charge in [0.1, 0.15) is 6.61 Å². The van der Waals surface area contributed by atoms with Gasteiger partial charge in [-0.1, -0.05) is 52.5 Å². The van der Waals surface area contributed by atoms with Crippen LogP contribution >= 0.6 is 0 Å². The van der Waals surface area contributed by atoms with Gasteiger partial charge in [0.15, 0.2) is 0 Å². The molecule has 0 aromatic rings. The van der Waals surface area contributed by atoms with Crippen molar-refractivity contribution in [2.75, 3.05) is 13.2 Å². The van der Waals surface area contributed by atoms with Gasteiger partial charge in [0, 0.05) is 12.1 Å². The molecular formula is C15H29NO2. The Labute approximate surface area is 112 Å². The summed E-state index contributed by atoms with van der Waals surface area (Å²) in [4.78, 5) is 11.0. The third-order valence-corrected chi connectivity index (χ3v) is 2.94. The molecule has 0 aliphatic heterocycles. The molecule has 0 radical (unpaired) electrons. The zero-order valence-corrected chi connectivity index (χ0v) is 12.0. The Kier molecular flexibility index (Phi) is 12.0. The Balaban J connectivity index is 3.62. The topological polar surface area (TPSA) is 38.3 Å². The summed E-state index contributed by atoms with van der Waals surface area (Å²) in [5.41, 5.74) is 0. The lowest BCUT2D eigenvalue weighted by Gasteiger charge is -2.17. The highest BCUT2D eigenvalue weighted by Crippen LogP contribution is 2.03. The molecule has 3 nitrogen and oxygen atoms in total. The lowest BCUT2D eigenvalue weighted by molar-refractivity contribution is -0.138. The Morgan fingerprint density at radius 2 is 1.94 bits per heavy atom. The van der Waals surface area contributed by atoms with E-state index in [1.165, 1.54) is 38.2 Å². The summed E-state index contributed by atoms with van der Waals surface area (Å²) < 4.78 is 5.08. The van der Waals surface area contributed by atoms with Gasteiger partial charge in [0.05, 0.1) is 0 Å². The molecule has 0 saturated heterocycles. The van der Waals surface area contributed by atoms with Crippen LogP contribution in [0.2, 0.25) is 0 Å². The molecule has 0 aliphatic carbocycles. The number of carbonyl (C=O) groups excluding carboxylic acids is 1. The number of rotatable bonds is 12. The van der Waals surface area contributed by atoms with E-state index in [2.05, 4.69) is 25.7 Å². The van der Waals surface area contributed by atoms with Gasteiger partial charge in [-0.15, -0.1) is 0 Å². The average Bonchev–Trinajstić information content (AvgIpc) is 2.39. The van der Waals surface area contributed by atoms with E-state index in [0.29, 0.717) is 6.61 Å². The fourth-order valence-electron chi connectivity index (χ4n) is 1.87. The second-order valence-corrected chi connectivity index (χ2v) is 4.69. The molecule has 18 heavy (non-hydrogen) atoms. The maximum Gasteiger partial charge on any atom is 0.330 e. The molecule has 0 aliphatic rings. The van der Waals surface area contributed by atoms with Gasteiger partial charge in [-0.3, -0.25) is 0 Å². The maximum atomic E-state index is 11.0. The smallest absolute Gasteiger partial charge is 0.330 e. The minimum atomic E-state index is -0.333. The molecule has 0 rings (SSSR count). The Morgan fingerprint density at radius 1 is 1.22 bits per heavy atom. The number of ether oxygens (including phenoxy) is 1. The lowest BCUT2D eigenvalue weighted by Crippen LogP contribution is -2.34. The molecule has 0 heterocycles. The highest BCUT2D eigenvalue weighted by Gasteiger charge is 2.08. The molecule has 0 aromatic heterocycles. The van der Waals surface area contributed by atoms with Gasteiger partial charge < -0.3 is 10.1 Å². The molecule has 1 unspecified atom stereocenters. The quantitative estimate of drug-likeness (QED) is 0.330. The van der Waals surface area contributed by atoms with Gasteiger partial charge in [-0.05, 0) is 19.4 Å².